The van der Waals surface area contributed by atoms with Crippen molar-refractivity contribution >= 4 is 5.97 Å². The van der Waals surface area contributed by atoms with Crippen molar-refractivity contribution in [1.29, 1.82) is 0 Å². The quantitative estimate of drug-likeness (QED) is 0.748. The molecule has 1 aromatic rings. The van der Waals surface area contributed by atoms with Crippen molar-refractivity contribution in [2.75, 3.05) is 0 Å². The summed E-state index contributed by atoms with van der Waals surface area (Å²) in [5, 5.41) is 8.69. The fraction of sp³-hybridized carbons (Fsp3) is 0.556. The maximum atomic E-state index is 10.6. The van der Waals surface area contributed by atoms with Gasteiger partial charge in [-0.25, -0.2) is 4.98 Å². The first-order valence-corrected chi connectivity index (χ1v) is 4.43. The second-order valence-corrected chi connectivity index (χ2v) is 3.57. The molecule has 0 aliphatic carbocycles. The lowest BCUT2D eigenvalue weighted by molar-refractivity contribution is -0.137. The standard InChI is InChI=1S/C9H12N2O2/c1-6-4-7(5-8(12)13)9-10-2-3-11(6)9/h2-3,6-7H,4-5H2,1H3,(H,12,13). The van der Waals surface area contributed by atoms with Gasteiger partial charge in [0.1, 0.15) is 5.82 Å². The smallest absolute Gasteiger partial charge is 0.304 e. The Kier molecular flexibility index (Phi) is 1.83. The Labute approximate surface area is 76.2 Å². The van der Waals surface area contributed by atoms with Gasteiger partial charge in [-0.2, -0.15) is 0 Å². The molecule has 0 fully saturated rings. The highest BCUT2D eigenvalue weighted by atomic mass is 16.4. The van der Waals surface area contributed by atoms with Crippen molar-refractivity contribution in [2.45, 2.75) is 31.7 Å². The first kappa shape index (κ1) is 8.29. The van der Waals surface area contributed by atoms with E-state index >= 15 is 0 Å². The summed E-state index contributed by atoms with van der Waals surface area (Å²) in [5.74, 6) is 0.283. The van der Waals surface area contributed by atoms with E-state index in [9.17, 15) is 4.79 Å². The van der Waals surface area contributed by atoms with E-state index < -0.39 is 5.97 Å². The summed E-state index contributed by atoms with van der Waals surface area (Å²) in [7, 11) is 0. The molecule has 0 amide bonds. The summed E-state index contributed by atoms with van der Waals surface area (Å²) in [6.07, 6.45) is 4.75. The van der Waals surface area contributed by atoms with Crippen LogP contribution in [0, 0.1) is 0 Å². The Balaban J connectivity index is 2.23. The highest BCUT2D eigenvalue weighted by Gasteiger charge is 2.30. The Morgan fingerprint density at radius 3 is 3.31 bits per heavy atom. The molecule has 2 heterocycles. The second-order valence-electron chi connectivity index (χ2n) is 3.57. The molecule has 2 unspecified atom stereocenters. The van der Waals surface area contributed by atoms with Crippen molar-refractivity contribution in [3.8, 4) is 0 Å². The van der Waals surface area contributed by atoms with Crippen LogP contribution in [0.1, 0.15) is 37.5 Å². The van der Waals surface area contributed by atoms with Gasteiger partial charge in [-0.3, -0.25) is 4.79 Å². The van der Waals surface area contributed by atoms with E-state index in [4.69, 9.17) is 5.11 Å². The van der Waals surface area contributed by atoms with Gasteiger partial charge >= 0.3 is 5.97 Å². The van der Waals surface area contributed by atoms with Crippen LogP contribution in [0.5, 0.6) is 0 Å². The van der Waals surface area contributed by atoms with Gasteiger partial charge in [0, 0.05) is 24.4 Å². The molecule has 0 spiro atoms. The lowest BCUT2D eigenvalue weighted by Gasteiger charge is -2.03. The van der Waals surface area contributed by atoms with Gasteiger partial charge in [0.05, 0.1) is 6.42 Å². The minimum absolute atomic E-state index is 0.0995. The van der Waals surface area contributed by atoms with Crippen LogP contribution >= 0.6 is 0 Å². The molecule has 0 saturated heterocycles. The predicted molar refractivity (Wildman–Crippen MR) is 46.5 cm³/mol. The molecule has 1 aromatic heterocycles. The topological polar surface area (TPSA) is 55.1 Å². The van der Waals surface area contributed by atoms with E-state index in [1.165, 1.54) is 0 Å². The SMILES string of the molecule is CC1CC(CC(=O)O)c2nccn21. The number of nitrogens with zero attached hydrogens (tertiary/aromatic N) is 2. The molecule has 70 valence electrons. The van der Waals surface area contributed by atoms with E-state index in [-0.39, 0.29) is 12.3 Å². The molecule has 0 aromatic carbocycles. The Hall–Kier alpha value is -1.32. The monoisotopic (exact) mass is 180 g/mol. The van der Waals surface area contributed by atoms with Crippen LogP contribution < -0.4 is 0 Å². The van der Waals surface area contributed by atoms with E-state index in [0.29, 0.717) is 6.04 Å². The Morgan fingerprint density at radius 1 is 1.85 bits per heavy atom. The van der Waals surface area contributed by atoms with E-state index in [0.717, 1.165) is 12.2 Å². The number of hydrogen-bond donors (Lipinski definition) is 1. The zero-order valence-corrected chi connectivity index (χ0v) is 7.47. The largest absolute Gasteiger partial charge is 0.481 e. The molecule has 1 N–H and O–H groups in total. The summed E-state index contributed by atoms with van der Waals surface area (Å²) in [5.41, 5.74) is 0. The summed E-state index contributed by atoms with van der Waals surface area (Å²) in [4.78, 5) is 14.7. The van der Waals surface area contributed by atoms with E-state index in [1.807, 2.05) is 6.20 Å². The molecular formula is C9H12N2O2. The van der Waals surface area contributed by atoms with Crippen molar-refractivity contribution in [3.63, 3.8) is 0 Å². The summed E-state index contributed by atoms with van der Waals surface area (Å²) >= 11 is 0. The number of aliphatic carboxylic acids is 1. The van der Waals surface area contributed by atoms with Crippen molar-refractivity contribution in [3.05, 3.63) is 18.2 Å². The summed E-state index contributed by atoms with van der Waals surface area (Å²) < 4.78 is 2.06. The highest BCUT2D eigenvalue weighted by Crippen LogP contribution is 2.36. The third kappa shape index (κ3) is 1.32. The number of imidazole rings is 1. The van der Waals surface area contributed by atoms with Crippen LogP contribution in [-0.2, 0) is 4.79 Å². The number of carboxylic acid groups (broad SMARTS) is 1. The third-order valence-corrected chi connectivity index (χ3v) is 2.59. The maximum Gasteiger partial charge on any atom is 0.304 e. The molecule has 2 rings (SSSR count). The molecule has 1 aliphatic rings. The zero-order chi connectivity index (χ0) is 9.42. The number of hydrogen-bond acceptors (Lipinski definition) is 2. The van der Waals surface area contributed by atoms with E-state index in [1.54, 1.807) is 6.20 Å². The average molecular weight is 180 g/mol. The molecule has 0 radical (unpaired) electrons. The van der Waals surface area contributed by atoms with Crippen LogP contribution in [0.3, 0.4) is 0 Å². The predicted octanol–water partition coefficient (Wildman–Crippen LogP) is 1.41. The van der Waals surface area contributed by atoms with Gasteiger partial charge in [0.15, 0.2) is 0 Å². The normalized spacial score (nSPS) is 25.9. The van der Waals surface area contributed by atoms with Gasteiger partial charge in [-0.05, 0) is 13.3 Å². The molecule has 4 heteroatoms. The van der Waals surface area contributed by atoms with Gasteiger partial charge in [-0.1, -0.05) is 0 Å². The second kappa shape index (κ2) is 2.87. The van der Waals surface area contributed by atoms with Crippen molar-refractivity contribution < 1.29 is 9.90 Å². The molecule has 1 aliphatic heterocycles. The summed E-state index contributed by atoms with van der Waals surface area (Å²) in [6.45, 7) is 2.09. The van der Waals surface area contributed by atoms with Gasteiger partial charge in [0.2, 0.25) is 0 Å². The Morgan fingerprint density at radius 2 is 2.62 bits per heavy atom. The van der Waals surface area contributed by atoms with Gasteiger partial charge in [-0.15, -0.1) is 0 Å². The highest BCUT2D eigenvalue weighted by molar-refractivity contribution is 5.67. The fourth-order valence-electron chi connectivity index (χ4n) is 2.03. The van der Waals surface area contributed by atoms with Crippen molar-refractivity contribution in [2.24, 2.45) is 0 Å². The molecule has 0 saturated carbocycles. The first-order chi connectivity index (χ1) is 6.18. The molecular weight excluding hydrogens is 168 g/mol. The average Bonchev–Trinajstić information content (AvgIpc) is 2.56. The van der Waals surface area contributed by atoms with Crippen LogP contribution in [-0.4, -0.2) is 20.6 Å². The van der Waals surface area contributed by atoms with E-state index in [2.05, 4.69) is 16.5 Å². The molecule has 4 nitrogen and oxygen atoms in total. The Bertz CT molecular complexity index is 332. The molecule has 13 heavy (non-hydrogen) atoms. The van der Waals surface area contributed by atoms with Gasteiger partial charge < -0.3 is 9.67 Å². The van der Waals surface area contributed by atoms with Crippen LogP contribution in [0.4, 0.5) is 0 Å². The fourth-order valence-corrected chi connectivity index (χ4v) is 2.03. The minimum atomic E-state index is -0.742. The first-order valence-electron chi connectivity index (χ1n) is 4.43. The lowest BCUT2D eigenvalue weighted by atomic mass is 10.0. The number of rotatable bonds is 2. The van der Waals surface area contributed by atoms with Crippen LogP contribution in [0.15, 0.2) is 12.4 Å². The lowest BCUT2D eigenvalue weighted by Crippen LogP contribution is -2.04. The third-order valence-electron chi connectivity index (χ3n) is 2.59. The minimum Gasteiger partial charge on any atom is -0.481 e. The number of carbonyl (C=O) groups is 1. The number of fused-ring (bicyclic) bond motifs is 1. The molecule has 0 bridgehead atoms. The van der Waals surface area contributed by atoms with Crippen LogP contribution in [0.2, 0.25) is 0 Å². The van der Waals surface area contributed by atoms with Gasteiger partial charge in [0.25, 0.3) is 0 Å². The maximum absolute atomic E-state index is 10.6. The molecule has 2 atom stereocenters. The number of aromatic nitrogens is 2. The zero-order valence-electron chi connectivity index (χ0n) is 7.47. The number of carboxylic acids is 1. The van der Waals surface area contributed by atoms with Crippen LogP contribution in [0.25, 0.3) is 0 Å². The summed E-state index contributed by atoms with van der Waals surface area (Å²) in [6, 6.07) is 0.391. The van der Waals surface area contributed by atoms with Crippen molar-refractivity contribution in [1.82, 2.24) is 9.55 Å².